The zero-order valence-corrected chi connectivity index (χ0v) is 11.5. The highest BCUT2D eigenvalue weighted by Crippen LogP contribution is 2.32. The van der Waals surface area contributed by atoms with Crippen LogP contribution in [0.1, 0.15) is 17.3 Å². The molecule has 0 N–H and O–H groups in total. The number of halogens is 7. The summed E-state index contributed by atoms with van der Waals surface area (Å²) in [6, 6.07) is 4.98. The zero-order chi connectivity index (χ0) is 15.6. The standard InChI is InChI=1S/C11H9BrF6O2/c1-6(12)7-2-4-8(5-3-7)19-10(14,15)9(13)20-11(16,17)18/h2-6,9H,1H3. The van der Waals surface area contributed by atoms with Crippen LogP contribution in [-0.2, 0) is 4.74 Å². The Bertz CT molecular complexity index is 432. The van der Waals surface area contributed by atoms with Gasteiger partial charge in [-0.3, -0.25) is 0 Å². The van der Waals surface area contributed by atoms with E-state index in [0.29, 0.717) is 0 Å². The second-order valence-corrected chi connectivity index (χ2v) is 5.10. The van der Waals surface area contributed by atoms with Crippen molar-refractivity contribution in [3.8, 4) is 5.75 Å². The molecule has 2 atom stereocenters. The summed E-state index contributed by atoms with van der Waals surface area (Å²) >= 11 is 3.23. The first-order valence-electron chi connectivity index (χ1n) is 5.21. The number of alkyl halides is 7. The number of hydrogen-bond donors (Lipinski definition) is 0. The lowest BCUT2D eigenvalue weighted by molar-refractivity contribution is -0.411. The van der Waals surface area contributed by atoms with E-state index in [1.54, 1.807) is 6.92 Å². The van der Waals surface area contributed by atoms with Crippen LogP contribution in [0.25, 0.3) is 0 Å². The van der Waals surface area contributed by atoms with E-state index in [0.717, 1.165) is 17.7 Å². The van der Waals surface area contributed by atoms with Gasteiger partial charge in [-0.1, -0.05) is 28.1 Å². The van der Waals surface area contributed by atoms with Crippen LogP contribution in [0.2, 0.25) is 0 Å². The van der Waals surface area contributed by atoms with Crippen LogP contribution in [0.15, 0.2) is 24.3 Å². The Balaban J connectivity index is 2.74. The maximum atomic E-state index is 13.1. The normalized spacial score (nSPS) is 15.8. The SMILES string of the molecule is CC(Br)c1ccc(OC(F)(F)C(F)OC(F)(F)F)cc1. The molecule has 0 saturated heterocycles. The molecule has 20 heavy (non-hydrogen) atoms. The molecule has 0 aromatic heterocycles. The molecule has 0 bridgehead atoms. The number of rotatable bonds is 5. The molecule has 0 aliphatic heterocycles. The average molecular weight is 367 g/mol. The van der Waals surface area contributed by atoms with Gasteiger partial charge in [0.25, 0.3) is 0 Å². The van der Waals surface area contributed by atoms with Crippen LogP contribution in [0.5, 0.6) is 5.75 Å². The van der Waals surface area contributed by atoms with Crippen molar-refractivity contribution in [2.24, 2.45) is 0 Å². The maximum absolute atomic E-state index is 13.1. The van der Waals surface area contributed by atoms with Gasteiger partial charge in [0.2, 0.25) is 0 Å². The lowest BCUT2D eigenvalue weighted by atomic mass is 10.2. The molecule has 0 fully saturated rings. The van der Waals surface area contributed by atoms with Crippen LogP contribution in [0.4, 0.5) is 26.3 Å². The third kappa shape index (κ3) is 5.20. The lowest BCUT2D eigenvalue weighted by Crippen LogP contribution is -2.41. The van der Waals surface area contributed by atoms with Crippen molar-refractivity contribution < 1.29 is 35.8 Å². The highest BCUT2D eigenvalue weighted by molar-refractivity contribution is 9.09. The first kappa shape index (κ1) is 17.1. The molecule has 9 heteroatoms. The molecular weight excluding hydrogens is 358 g/mol. The van der Waals surface area contributed by atoms with Crippen LogP contribution < -0.4 is 4.74 Å². The molecule has 1 aromatic rings. The minimum Gasteiger partial charge on any atom is -0.429 e. The molecule has 0 amide bonds. The third-order valence-electron chi connectivity index (χ3n) is 2.09. The van der Waals surface area contributed by atoms with Gasteiger partial charge in [-0.25, -0.2) is 9.13 Å². The van der Waals surface area contributed by atoms with Crippen LogP contribution in [0.3, 0.4) is 0 Å². The van der Waals surface area contributed by atoms with E-state index >= 15 is 0 Å². The summed E-state index contributed by atoms with van der Waals surface area (Å²) in [6.45, 7) is 1.78. The molecular formula is C11H9BrF6O2. The topological polar surface area (TPSA) is 18.5 Å². The van der Waals surface area contributed by atoms with Gasteiger partial charge in [-0.05, 0) is 24.6 Å². The van der Waals surface area contributed by atoms with Crippen LogP contribution in [-0.4, -0.2) is 18.8 Å². The van der Waals surface area contributed by atoms with E-state index in [1.807, 2.05) is 0 Å². The molecule has 0 aliphatic rings. The van der Waals surface area contributed by atoms with Gasteiger partial charge in [-0.15, -0.1) is 13.2 Å². The molecule has 114 valence electrons. The molecule has 0 radical (unpaired) electrons. The highest BCUT2D eigenvalue weighted by atomic mass is 79.9. The van der Waals surface area contributed by atoms with Crippen LogP contribution >= 0.6 is 15.9 Å². The van der Waals surface area contributed by atoms with Gasteiger partial charge in [-0.2, -0.15) is 8.78 Å². The fraction of sp³-hybridized carbons (Fsp3) is 0.455. The van der Waals surface area contributed by atoms with Crippen molar-refractivity contribution in [3.63, 3.8) is 0 Å². The van der Waals surface area contributed by atoms with E-state index in [1.165, 1.54) is 12.1 Å². The van der Waals surface area contributed by atoms with Crippen molar-refractivity contribution in [1.29, 1.82) is 0 Å². The molecule has 2 unspecified atom stereocenters. The summed E-state index contributed by atoms with van der Waals surface area (Å²) in [4.78, 5) is -0.0560. The summed E-state index contributed by atoms with van der Waals surface area (Å²) in [7, 11) is 0. The van der Waals surface area contributed by atoms with Gasteiger partial charge in [0.15, 0.2) is 0 Å². The molecule has 0 saturated carbocycles. The van der Waals surface area contributed by atoms with E-state index in [9.17, 15) is 26.3 Å². The van der Waals surface area contributed by atoms with E-state index in [-0.39, 0.29) is 4.83 Å². The Labute approximate surface area is 118 Å². The van der Waals surface area contributed by atoms with Crippen molar-refractivity contribution in [1.82, 2.24) is 0 Å². The predicted octanol–water partition coefficient (Wildman–Crippen LogP) is 4.95. The smallest absolute Gasteiger partial charge is 0.429 e. The minimum absolute atomic E-state index is 0.0560. The fourth-order valence-corrected chi connectivity index (χ4v) is 1.50. The third-order valence-corrected chi connectivity index (χ3v) is 2.62. The number of benzene rings is 1. The molecule has 2 nitrogen and oxygen atoms in total. The summed E-state index contributed by atoms with van der Waals surface area (Å²) in [5, 5.41) is 0. The number of hydrogen-bond acceptors (Lipinski definition) is 2. The highest BCUT2D eigenvalue weighted by Gasteiger charge is 2.50. The fourth-order valence-electron chi connectivity index (χ4n) is 1.19. The van der Waals surface area contributed by atoms with E-state index in [2.05, 4.69) is 25.4 Å². The summed E-state index contributed by atoms with van der Waals surface area (Å²) in [5.74, 6) is -0.486. The summed E-state index contributed by atoms with van der Waals surface area (Å²) in [6.07, 6.45) is -14.3. The Morgan fingerprint density at radius 1 is 1.05 bits per heavy atom. The van der Waals surface area contributed by atoms with Gasteiger partial charge < -0.3 is 4.74 Å². The Morgan fingerprint density at radius 2 is 1.55 bits per heavy atom. The summed E-state index contributed by atoms with van der Waals surface area (Å²) in [5.41, 5.74) is 0.726. The van der Waals surface area contributed by atoms with Gasteiger partial charge in [0.1, 0.15) is 5.75 Å². The molecule has 1 rings (SSSR count). The molecule has 0 spiro atoms. The first-order valence-corrected chi connectivity index (χ1v) is 6.12. The van der Waals surface area contributed by atoms with Crippen molar-refractivity contribution in [2.45, 2.75) is 30.6 Å². The van der Waals surface area contributed by atoms with Gasteiger partial charge >= 0.3 is 18.8 Å². The second-order valence-electron chi connectivity index (χ2n) is 3.73. The molecule has 0 aliphatic carbocycles. The zero-order valence-electron chi connectivity index (χ0n) is 9.93. The molecule has 1 aromatic carbocycles. The average Bonchev–Trinajstić information content (AvgIpc) is 2.26. The van der Waals surface area contributed by atoms with Crippen molar-refractivity contribution in [2.75, 3.05) is 0 Å². The van der Waals surface area contributed by atoms with Crippen molar-refractivity contribution in [3.05, 3.63) is 29.8 Å². The van der Waals surface area contributed by atoms with Crippen LogP contribution in [0, 0.1) is 0 Å². The summed E-state index contributed by atoms with van der Waals surface area (Å²) < 4.78 is 80.3. The Hall–Kier alpha value is -0.960. The largest absolute Gasteiger partial charge is 0.525 e. The molecule has 0 heterocycles. The quantitative estimate of drug-likeness (QED) is 0.542. The number of ether oxygens (including phenoxy) is 2. The predicted molar refractivity (Wildman–Crippen MR) is 61.4 cm³/mol. The van der Waals surface area contributed by atoms with E-state index < -0.39 is 24.6 Å². The minimum atomic E-state index is -5.53. The lowest BCUT2D eigenvalue weighted by Gasteiger charge is -2.22. The Morgan fingerprint density at radius 3 is 1.95 bits per heavy atom. The van der Waals surface area contributed by atoms with Crippen molar-refractivity contribution >= 4 is 15.9 Å². The maximum Gasteiger partial charge on any atom is 0.525 e. The first-order chi connectivity index (χ1) is 9.01. The van der Waals surface area contributed by atoms with Gasteiger partial charge in [0.05, 0.1) is 0 Å². The second kappa shape index (κ2) is 6.21. The monoisotopic (exact) mass is 366 g/mol. The van der Waals surface area contributed by atoms with E-state index in [4.69, 9.17) is 0 Å². The van der Waals surface area contributed by atoms with Gasteiger partial charge in [0, 0.05) is 4.83 Å². The Kier molecular flexibility index (Phi) is 5.31.